The minimum absolute atomic E-state index is 0.265. The van der Waals surface area contributed by atoms with Gasteiger partial charge in [-0.1, -0.05) is 0 Å². The molecule has 0 amide bonds. The van der Waals surface area contributed by atoms with Crippen molar-refractivity contribution >= 4 is 17.3 Å². The highest BCUT2D eigenvalue weighted by atomic mass is 32.1. The van der Waals surface area contributed by atoms with Gasteiger partial charge >= 0.3 is 5.97 Å². The Morgan fingerprint density at radius 3 is 3.06 bits per heavy atom. The Morgan fingerprint density at radius 1 is 1.71 bits per heavy atom. The first-order valence-corrected chi connectivity index (χ1v) is 6.77. The van der Waals surface area contributed by atoms with Crippen LogP contribution in [0.2, 0.25) is 0 Å². The number of piperidine rings is 1. The van der Waals surface area contributed by atoms with E-state index in [9.17, 15) is 9.90 Å². The molecule has 4 nitrogen and oxygen atoms in total. The molecule has 1 aromatic rings. The van der Waals surface area contributed by atoms with Crippen molar-refractivity contribution in [1.82, 2.24) is 9.88 Å². The second-order valence-electron chi connectivity index (χ2n) is 5.02. The molecule has 1 fully saturated rings. The van der Waals surface area contributed by atoms with E-state index in [1.807, 2.05) is 18.6 Å². The number of aromatic nitrogens is 1. The molecule has 1 aliphatic heterocycles. The predicted octanol–water partition coefficient (Wildman–Crippen LogP) is 2.39. The van der Waals surface area contributed by atoms with Crippen molar-refractivity contribution in [3.63, 3.8) is 0 Å². The van der Waals surface area contributed by atoms with Crippen LogP contribution in [-0.4, -0.2) is 34.0 Å². The van der Waals surface area contributed by atoms with Crippen molar-refractivity contribution < 1.29 is 9.90 Å². The summed E-state index contributed by atoms with van der Waals surface area (Å²) in [7, 11) is 0. The minimum atomic E-state index is -0.682. The van der Waals surface area contributed by atoms with Gasteiger partial charge in [0.15, 0.2) is 0 Å². The van der Waals surface area contributed by atoms with Gasteiger partial charge in [-0.2, -0.15) is 0 Å². The second-order valence-corrected chi connectivity index (χ2v) is 5.94. The van der Waals surface area contributed by atoms with Crippen molar-refractivity contribution in [2.24, 2.45) is 5.41 Å². The van der Waals surface area contributed by atoms with E-state index < -0.39 is 11.4 Å². The summed E-state index contributed by atoms with van der Waals surface area (Å²) in [6.07, 6.45) is 3.60. The molecule has 2 atom stereocenters. The highest BCUT2D eigenvalue weighted by Crippen LogP contribution is 2.34. The molecule has 17 heavy (non-hydrogen) atoms. The molecule has 0 aliphatic carbocycles. The fourth-order valence-corrected chi connectivity index (χ4v) is 3.11. The Kier molecular flexibility index (Phi) is 3.49. The van der Waals surface area contributed by atoms with Gasteiger partial charge in [0.25, 0.3) is 0 Å². The molecular weight excluding hydrogens is 236 g/mol. The third-order valence-corrected chi connectivity index (χ3v) is 4.60. The molecule has 0 bridgehead atoms. The summed E-state index contributed by atoms with van der Waals surface area (Å²) in [5, 5.41) is 9.29. The van der Waals surface area contributed by atoms with E-state index in [1.54, 1.807) is 11.3 Å². The maximum atomic E-state index is 11.3. The quantitative estimate of drug-likeness (QED) is 0.900. The van der Waals surface area contributed by atoms with Gasteiger partial charge < -0.3 is 5.11 Å². The Hall–Kier alpha value is -0.940. The van der Waals surface area contributed by atoms with E-state index in [-0.39, 0.29) is 6.04 Å². The van der Waals surface area contributed by atoms with Crippen LogP contribution in [0.1, 0.15) is 37.6 Å². The number of hydrogen-bond donors (Lipinski definition) is 1. The van der Waals surface area contributed by atoms with E-state index in [0.717, 1.165) is 19.4 Å². The van der Waals surface area contributed by atoms with Crippen LogP contribution in [0.25, 0.3) is 0 Å². The molecule has 0 saturated carbocycles. The third-order valence-electron chi connectivity index (χ3n) is 3.65. The molecule has 1 aliphatic rings. The Bertz CT molecular complexity index is 393. The third kappa shape index (κ3) is 2.50. The lowest BCUT2D eigenvalue weighted by molar-refractivity contribution is -0.151. The molecule has 0 spiro atoms. The number of carboxylic acids is 1. The first-order chi connectivity index (χ1) is 8.03. The van der Waals surface area contributed by atoms with Crippen LogP contribution in [0.4, 0.5) is 0 Å². The molecule has 0 aromatic carbocycles. The van der Waals surface area contributed by atoms with Gasteiger partial charge in [0, 0.05) is 23.7 Å². The van der Waals surface area contributed by atoms with Crippen molar-refractivity contribution in [1.29, 1.82) is 0 Å². The molecule has 1 N–H and O–H groups in total. The topological polar surface area (TPSA) is 53.4 Å². The van der Waals surface area contributed by atoms with Crippen molar-refractivity contribution in [3.05, 3.63) is 16.6 Å². The zero-order valence-electron chi connectivity index (χ0n) is 10.2. The van der Waals surface area contributed by atoms with Gasteiger partial charge in [0.05, 0.1) is 10.9 Å². The van der Waals surface area contributed by atoms with Crippen LogP contribution in [0.15, 0.2) is 11.7 Å². The molecule has 1 saturated heterocycles. The van der Waals surface area contributed by atoms with Crippen LogP contribution < -0.4 is 0 Å². The predicted molar refractivity (Wildman–Crippen MR) is 67.1 cm³/mol. The lowest BCUT2D eigenvalue weighted by Gasteiger charge is -2.40. The second kappa shape index (κ2) is 4.74. The highest BCUT2D eigenvalue weighted by Gasteiger charge is 2.39. The van der Waals surface area contributed by atoms with Gasteiger partial charge in [0.2, 0.25) is 0 Å². The molecular formula is C12H18N2O2S. The van der Waals surface area contributed by atoms with Crippen molar-refractivity contribution in [2.75, 3.05) is 13.1 Å². The average molecular weight is 254 g/mol. The number of aliphatic carboxylic acids is 1. The maximum Gasteiger partial charge on any atom is 0.310 e. The van der Waals surface area contributed by atoms with E-state index in [0.29, 0.717) is 6.54 Å². The van der Waals surface area contributed by atoms with Gasteiger partial charge in [-0.05, 0) is 33.2 Å². The number of nitrogens with zero attached hydrogens (tertiary/aromatic N) is 2. The van der Waals surface area contributed by atoms with Crippen molar-refractivity contribution in [3.8, 4) is 0 Å². The summed E-state index contributed by atoms with van der Waals surface area (Å²) >= 11 is 1.63. The zero-order valence-corrected chi connectivity index (χ0v) is 11.0. The fraction of sp³-hybridized carbons (Fsp3) is 0.667. The largest absolute Gasteiger partial charge is 0.481 e. The molecule has 1 aromatic heterocycles. The van der Waals surface area contributed by atoms with Crippen LogP contribution >= 0.6 is 11.3 Å². The number of thiazole rings is 1. The molecule has 2 rings (SSSR count). The first-order valence-electron chi connectivity index (χ1n) is 5.89. The first kappa shape index (κ1) is 12.5. The van der Waals surface area contributed by atoms with Crippen LogP contribution in [0.5, 0.6) is 0 Å². The van der Waals surface area contributed by atoms with E-state index in [4.69, 9.17) is 0 Å². The van der Waals surface area contributed by atoms with Gasteiger partial charge in [-0.15, -0.1) is 11.3 Å². The molecule has 94 valence electrons. The SMILES string of the molecule is CC(c1cncs1)N1CCCC(C)(C(=O)O)C1. The Labute approximate surface area is 105 Å². The lowest BCUT2D eigenvalue weighted by atomic mass is 9.81. The van der Waals surface area contributed by atoms with Gasteiger partial charge in [-0.3, -0.25) is 14.7 Å². The molecule has 2 heterocycles. The lowest BCUT2D eigenvalue weighted by Crippen LogP contribution is -2.46. The summed E-state index contributed by atoms with van der Waals surface area (Å²) in [5.41, 5.74) is 1.23. The molecule has 5 heteroatoms. The summed E-state index contributed by atoms with van der Waals surface area (Å²) in [6, 6.07) is 0.265. The normalized spacial score (nSPS) is 27.9. The van der Waals surface area contributed by atoms with Gasteiger partial charge in [-0.25, -0.2) is 0 Å². The van der Waals surface area contributed by atoms with E-state index in [2.05, 4.69) is 16.8 Å². The summed E-state index contributed by atoms with van der Waals surface area (Å²) in [5.74, 6) is -0.682. The Morgan fingerprint density at radius 2 is 2.47 bits per heavy atom. The number of carboxylic acid groups (broad SMARTS) is 1. The van der Waals surface area contributed by atoms with Crippen LogP contribution in [0.3, 0.4) is 0 Å². The molecule has 0 radical (unpaired) electrons. The molecule has 2 unspecified atom stereocenters. The Balaban J connectivity index is 2.10. The maximum absolute atomic E-state index is 11.3. The number of likely N-dealkylation sites (tertiary alicyclic amines) is 1. The summed E-state index contributed by atoms with van der Waals surface area (Å²) < 4.78 is 0. The van der Waals surface area contributed by atoms with Crippen LogP contribution in [-0.2, 0) is 4.79 Å². The number of carbonyl (C=O) groups is 1. The van der Waals surface area contributed by atoms with Crippen LogP contribution in [0, 0.1) is 5.41 Å². The summed E-state index contributed by atoms with van der Waals surface area (Å²) in [6.45, 7) is 5.57. The minimum Gasteiger partial charge on any atom is -0.481 e. The monoisotopic (exact) mass is 254 g/mol. The van der Waals surface area contributed by atoms with Gasteiger partial charge in [0.1, 0.15) is 0 Å². The number of hydrogen-bond acceptors (Lipinski definition) is 4. The number of rotatable bonds is 3. The average Bonchev–Trinajstić information content (AvgIpc) is 2.81. The van der Waals surface area contributed by atoms with E-state index >= 15 is 0 Å². The smallest absolute Gasteiger partial charge is 0.310 e. The van der Waals surface area contributed by atoms with Crippen molar-refractivity contribution in [2.45, 2.75) is 32.7 Å². The summed E-state index contributed by atoms with van der Waals surface area (Å²) in [4.78, 5) is 18.8. The van der Waals surface area contributed by atoms with E-state index in [1.165, 1.54) is 4.88 Å². The standard InChI is InChI=1S/C12H18N2O2S/c1-9(10-6-13-8-17-10)14-5-3-4-12(2,7-14)11(15)16/h6,8-9H,3-5,7H2,1-2H3,(H,15,16). The zero-order chi connectivity index (χ0) is 12.5. The highest BCUT2D eigenvalue weighted by molar-refractivity contribution is 7.09. The fourth-order valence-electron chi connectivity index (χ4n) is 2.40.